The van der Waals surface area contributed by atoms with Crippen molar-refractivity contribution in [1.29, 1.82) is 0 Å². The third-order valence-electron chi connectivity index (χ3n) is 6.03. The molecule has 0 radical (unpaired) electrons. The van der Waals surface area contributed by atoms with Crippen LogP contribution >= 0.6 is 0 Å². The van der Waals surface area contributed by atoms with E-state index in [9.17, 15) is 14.4 Å². The number of methoxy groups -OCH3 is 1. The van der Waals surface area contributed by atoms with Crippen LogP contribution in [0.2, 0.25) is 0 Å². The van der Waals surface area contributed by atoms with Crippen molar-refractivity contribution in [2.75, 3.05) is 27.7 Å². The van der Waals surface area contributed by atoms with Crippen molar-refractivity contribution >= 4 is 28.8 Å². The lowest BCUT2D eigenvalue weighted by molar-refractivity contribution is -0.155. The zero-order chi connectivity index (χ0) is 23.5. The van der Waals surface area contributed by atoms with Crippen LogP contribution in [0.1, 0.15) is 41.3 Å². The molecule has 174 valence electrons. The van der Waals surface area contributed by atoms with Crippen LogP contribution in [0.25, 0.3) is 11.0 Å². The molecule has 0 aliphatic carbocycles. The molecular weight excluding hydrogens is 426 g/mol. The normalized spacial score (nSPS) is 18.3. The molecule has 10 nitrogen and oxygen atoms in total. The number of piperidine rings is 1. The molecular formula is C23H27N5O5. The fourth-order valence-electron chi connectivity index (χ4n) is 4.25. The van der Waals surface area contributed by atoms with E-state index in [0.717, 1.165) is 17.4 Å². The fraction of sp³-hybridized carbons (Fsp3) is 0.435. The van der Waals surface area contributed by atoms with Gasteiger partial charge >= 0.3 is 5.97 Å². The minimum atomic E-state index is -0.600. The number of carbonyl (C=O) groups excluding carboxylic acids is 3. The molecule has 1 fully saturated rings. The van der Waals surface area contributed by atoms with Gasteiger partial charge in [-0.3, -0.25) is 14.3 Å². The summed E-state index contributed by atoms with van der Waals surface area (Å²) in [4.78, 5) is 40.7. The lowest BCUT2D eigenvalue weighted by Crippen LogP contribution is -2.50. The summed E-state index contributed by atoms with van der Waals surface area (Å²) in [6.45, 7) is 0.792. The van der Waals surface area contributed by atoms with Gasteiger partial charge in [-0.1, -0.05) is 11.3 Å². The number of furan rings is 1. The molecule has 0 spiro atoms. The Morgan fingerprint density at radius 2 is 2.03 bits per heavy atom. The van der Waals surface area contributed by atoms with Gasteiger partial charge in [0, 0.05) is 44.6 Å². The summed E-state index contributed by atoms with van der Waals surface area (Å²) in [7, 11) is 4.69. The Bertz CT molecular complexity index is 1150. The minimum Gasteiger partial charge on any atom is -0.467 e. The molecule has 4 rings (SSSR count). The van der Waals surface area contributed by atoms with Crippen LogP contribution in [0.15, 0.2) is 41.1 Å². The molecule has 3 aromatic rings. The molecule has 10 heteroatoms. The summed E-state index contributed by atoms with van der Waals surface area (Å²) in [6.07, 6.45) is 4.71. The summed E-state index contributed by atoms with van der Waals surface area (Å²) in [5, 5.41) is 8.47. The molecule has 2 atom stereocenters. The van der Waals surface area contributed by atoms with Crippen molar-refractivity contribution in [3.63, 3.8) is 0 Å². The van der Waals surface area contributed by atoms with Crippen LogP contribution in [0, 0.1) is 0 Å². The first kappa shape index (κ1) is 22.5. The van der Waals surface area contributed by atoms with E-state index in [2.05, 4.69) is 10.3 Å². The summed E-state index contributed by atoms with van der Waals surface area (Å²) >= 11 is 0. The number of esters is 1. The molecule has 2 amide bonds. The van der Waals surface area contributed by atoms with Gasteiger partial charge in [-0.15, -0.1) is 5.10 Å². The molecule has 1 aromatic carbocycles. The highest BCUT2D eigenvalue weighted by Gasteiger charge is 2.37. The maximum atomic E-state index is 13.1. The largest absolute Gasteiger partial charge is 0.467 e. The fourth-order valence-corrected chi connectivity index (χ4v) is 4.25. The number of aromatic nitrogens is 3. The molecule has 3 heterocycles. The van der Waals surface area contributed by atoms with Gasteiger partial charge in [-0.25, -0.2) is 4.79 Å². The Balaban J connectivity index is 1.54. The Morgan fingerprint density at radius 1 is 1.21 bits per heavy atom. The van der Waals surface area contributed by atoms with Gasteiger partial charge in [-0.05, 0) is 36.6 Å². The van der Waals surface area contributed by atoms with E-state index in [1.54, 1.807) is 42.1 Å². The lowest BCUT2D eigenvalue weighted by Gasteiger charge is -2.38. The van der Waals surface area contributed by atoms with Crippen LogP contribution < -0.4 is 0 Å². The predicted octanol–water partition coefficient (Wildman–Crippen LogP) is 2.06. The second kappa shape index (κ2) is 9.43. The molecule has 0 saturated carbocycles. The standard InChI is InChI=1S/C23H27N5O5/c1-26(2)22(30)20-13-17-12-15(5-7-19(17)33-20)16-4-6-18(23(31)32-3)28(14-16)21(29)8-10-27-11-9-24-25-27/h5,7,9,11-13,16,18H,4,6,8,10,14H2,1-3H3/t16?,18-/m1/s1. The van der Waals surface area contributed by atoms with Crippen molar-refractivity contribution in [3.8, 4) is 0 Å². The quantitative estimate of drug-likeness (QED) is 0.525. The number of nitrogens with zero attached hydrogens (tertiary/aromatic N) is 5. The second-order valence-electron chi connectivity index (χ2n) is 8.38. The molecule has 2 aromatic heterocycles. The summed E-state index contributed by atoms with van der Waals surface area (Å²) in [6, 6.07) is 6.93. The Labute approximate surface area is 191 Å². The molecule has 1 aliphatic rings. The average molecular weight is 453 g/mol. The van der Waals surface area contributed by atoms with Crippen LogP contribution in [0.3, 0.4) is 0 Å². The molecule has 0 N–H and O–H groups in total. The predicted molar refractivity (Wildman–Crippen MR) is 118 cm³/mol. The highest BCUT2D eigenvalue weighted by Crippen LogP contribution is 2.33. The maximum absolute atomic E-state index is 13.1. The summed E-state index contributed by atoms with van der Waals surface area (Å²) in [5.41, 5.74) is 1.66. The number of carbonyl (C=O) groups is 3. The number of hydrogen-bond acceptors (Lipinski definition) is 7. The van der Waals surface area contributed by atoms with Gasteiger partial charge < -0.3 is 19.0 Å². The molecule has 1 saturated heterocycles. The summed E-state index contributed by atoms with van der Waals surface area (Å²) in [5.74, 6) is -0.399. The first-order chi connectivity index (χ1) is 15.9. The van der Waals surface area contributed by atoms with E-state index in [4.69, 9.17) is 9.15 Å². The SMILES string of the molecule is COC(=O)[C@H]1CCC(c2ccc3oc(C(=O)N(C)C)cc3c2)CN1C(=O)CCn1ccnn1. The van der Waals surface area contributed by atoms with Crippen LogP contribution in [0.4, 0.5) is 0 Å². The van der Waals surface area contributed by atoms with Crippen LogP contribution in [0.5, 0.6) is 0 Å². The van der Waals surface area contributed by atoms with Crippen molar-refractivity contribution < 1.29 is 23.5 Å². The number of rotatable bonds is 6. The molecule has 0 bridgehead atoms. The highest BCUT2D eigenvalue weighted by molar-refractivity contribution is 5.96. The molecule has 33 heavy (non-hydrogen) atoms. The van der Waals surface area contributed by atoms with Crippen LogP contribution in [-0.2, 0) is 20.9 Å². The number of ether oxygens (including phenoxy) is 1. The minimum absolute atomic E-state index is 0.0496. The number of fused-ring (bicyclic) bond motifs is 1. The Kier molecular flexibility index (Phi) is 6.43. The van der Waals surface area contributed by atoms with Crippen molar-refractivity contribution in [3.05, 3.63) is 48.0 Å². The molecule has 1 aliphatic heterocycles. The van der Waals surface area contributed by atoms with Gasteiger partial charge in [0.15, 0.2) is 5.76 Å². The van der Waals surface area contributed by atoms with Crippen molar-refractivity contribution in [2.24, 2.45) is 0 Å². The van der Waals surface area contributed by atoms with Crippen molar-refractivity contribution in [2.45, 2.75) is 37.8 Å². The first-order valence-electron chi connectivity index (χ1n) is 10.8. The van der Waals surface area contributed by atoms with E-state index in [-0.39, 0.29) is 29.9 Å². The number of benzene rings is 1. The maximum Gasteiger partial charge on any atom is 0.328 e. The van der Waals surface area contributed by atoms with E-state index in [0.29, 0.717) is 25.1 Å². The van der Waals surface area contributed by atoms with Gasteiger partial charge in [0.05, 0.1) is 19.9 Å². The van der Waals surface area contributed by atoms with E-state index in [1.165, 1.54) is 12.0 Å². The Hall–Kier alpha value is -3.69. The smallest absolute Gasteiger partial charge is 0.328 e. The topological polar surface area (TPSA) is 111 Å². The average Bonchev–Trinajstić information content (AvgIpc) is 3.50. The first-order valence-corrected chi connectivity index (χ1v) is 10.8. The van der Waals surface area contributed by atoms with Crippen LogP contribution in [-0.4, -0.2) is 76.4 Å². The third-order valence-corrected chi connectivity index (χ3v) is 6.03. The second-order valence-corrected chi connectivity index (χ2v) is 8.38. The monoisotopic (exact) mass is 453 g/mol. The zero-order valence-corrected chi connectivity index (χ0v) is 18.9. The van der Waals surface area contributed by atoms with E-state index in [1.807, 2.05) is 18.2 Å². The van der Waals surface area contributed by atoms with E-state index >= 15 is 0 Å². The number of aryl methyl sites for hydroxylation is 1. The van der Waals surface area contributed by atoms with Gasteiger partial charge in [0.25, 0.3) is 5.91 Å². The van der Waals surface area contributed by atoms with E-state index < -0.39 is 12.0 Å². The lowest BCUT2D eigenvalue weighted by atomic mass is 9.86. The number of hydrogen-bond donors (Lipinski definition) is 0. The molecule has 1 unspecified atom stereocenters. The van der Waals surface area contributed by atoms with Gasteiger partial charge in [0.1, 0.15) is 11.6 Å². The highest BCUT2D eigenvalue weighted by atomic mass is 16.5. The van der Waals surface area contributed by atoms with Crippen molar-refractivity contribution in [1.82, 2.24) is 24.8 Å². The van der Waals surface area contributed by atoms with Gasteiger partial charge in [0.2, 0.25) is 5.91 Å². The summed E-state index contributed by atoms with van der Waals surface area (Å²) < 4.78 is 12.2. The third kappa shape index (κ3) is 4.74. The zero-order valence-electron chi connectivity index (χ0n) is 18.9. The number of amides is 2. The van der Waals surface area contributed by atoms with Gasteiger partial charge in [-0.2, -0.15) is 0 Å². The number of likely N-dealkylation sites (tertiary alicyclic amines) is 1. The Morgan fingerprint density at radius 3 is 2.73 bits per heavy atom.